The van der Waals surface area contributed by atoms with E-state index >= 15 is 0 Å². The van der Waals surface area contributed by atoms with Crippen LogP contribution in [-0.2, 0) is 11.3 Å². The molecule has 1 aromatic rings. The Morgan fingerprint density at radius 2 is 2.32 bits per heavy atom. The molecular formula is C12H18BrN3O3. The van der Waals surface area contributed by atoms with Crippen LogP contribution in [0.1, 0.15) is 12.8 Å². The van der Waals surface area contributed by atoms with Crippen molar-refractivity contribution in [3.63, 3.8) is 0 Å². The number of nitrogens with zero attached hydrogens (tertiary/aromatic N) is 2. The Hall–Kier alpha value is -0.920. The first-order chi connectivity index (χ1) is 9.22. The highest BCUT2D eigenvalue weighted by Gasteiger charge is 2.23. The van der Waals surface area contributed by atoms with Gasteiger partial charge < -0.3 is 15.2 Å². The zero-order chi connectivity index (χ0) is 13.7. The minimum absolute atomic E-state index is 0.0163. The molecule has 0 aromatic carbocycles. The van der Waals surface area contributed by atoms with Crippen LogP contribution in [0.5, 0.6) is 0 Å². The number of aliphatic hydroxyl groups excluding tert-OH is 1. The molecule has 1 aromatic heterocycles. The second-order valence-corrected chi connectivity index (χ2v) is 5.36. The zero-order valence-electron chi connectivity index (χ0n) is 10.6. The lowest BCUT2D eigenvalue weighted by Crippen LogP contribution is -2.25. The molecule has 0 bridgehead atoms. The number of anilines is 1. The number of nitrogens with one attached hydrogen (secondary N) is 1. The summed E-state index contributed by atoms with van der Waals surface area (Å²) in [7, 11) is 0. The predicted molar refractivity (Wildman–Crippen MR) is 75.3 cm³/mol. The summed E-state index contributed by atoms with van der Waals surface area (Å²) in [5, 5.41) is 15.8. The fraction of sp³-hybridized carbons (Fsp3) is 0.667. The average molecular weight is 332 g/mol. The maximum Gasteiger partial charge on any atom is 0.283 e. The third-order valence-electron chi connectivity index (χ3n) is 2.91. The van der Waals surface area contributed by atoms with Gasteiger partial charge in [0.25, 0.3) is 5.56 Å². The Kier molecular flexibility index (Phi) is 5.35. The number of rotatable bonds is 8. The molecule has 0 spiro atoms. The van der Waals surface area contributed by atoms with Crippen LogP contribution >= 0.6 is 15.9 Å². The van der Waals surface area contributed by atoms with Crippen LogP contribution < -0.4 is 10.9 Å². The molecule has 1 fully saturated rings. The molecule has 0 amide bonds. The Bertz CT molecular complexity index is 474. The molecule has 1 heterocycles. The first kappa shape index (κ1) is 14.5. The topological polar surface area (TPSA) is 76.4 Å². The largest absolute Gasteiger partial charge is 0.394 e. The lowest BCUT2D eigenvalue weighted by atomic mass is 10.4. The summed E-state index contributed by atoms with van der Waals surface area (Å²) in [5.41, 5.74) is 0.567. The van der Waals surface area contributed by atoms with Gasteiger partial charge >= 0.3 is 0 Å². The van der Waals surface area contributed by atoms with Gasteiger partial charge in [0.05, 0.1) is 31.7 Å². The van der Waals surface area contributed by atoms with Gasteiger partial charge in [0.2, 0.25) is 0 Å². The molecule has 6 nitrogen and oxygen atoms in total. The van der Waals surface area contributed by atoms with Crippen molar-refractivity contribution in [1.82, 2.24) is 9.78 Å². The lowest BCUT2D eigenvalue weighted by molar-refractivity contribution is 0.0992. The smallest absolute Gasteiger partial charge is 0.283 e. The minimum Gasteiger partial charge on any atom is -0.394 e. The lowest BCUT2D eigenvalue weighted by Gasteiger charge is -2.10. The van der Waals surface area contributed by atoms with Crippen molar-refractivity contribution in [1.29, 1.82) is 0 Å². The van der Waals surface area contributed by atoms with Crippen molar-refractivity contribution < 1.29 is 9.84 Å². The van der Waals surface area contributed by atoms with Crippen LogP contribution in [0, 0.1) is 5.92 Å². The highest BCUT2D eigenvalue weighted by atomic mass is 79.9. The van der Waals surface area contributed by atoms with E-state index in [1.165, 1.54) is 17.5 Å². The molecular weight excluding hydrogens is 314 g/mol. The molecule has 0 aliphatic heterocycles. The molecule has 0 radical (unpaired) electrons. The second kappa shape index (κ2) is 7.02. The number of ether oxygens (including phenoxy) is 1. The van der Waals surface area contributed by atoms with E-state index in [0.717, 1.165) is 0 Å². The Balaban J connectivity index is 1.90. The standard InChI is InChI=1S/C12H18BrN3O3/c13-11-10(14-3-5-19-6-4-17)7-15-16(12(11)18)8-9-1-2-9/h7,9,14,17H,1-6,8H2. The van der Waals surface area contributed by atoms with E-state index in [0.29, 0.717) is 42.4 Å². The molecule has 1 aliphatic carbocycles. The predicted octanol–water partition coefficient (Wildman–Crippen LogP) is 0.837. The van der Waals surface area contributed by atoms with E-state index < -0.39 is 0 Å². The summed E-state index contributed by atoms with van der Waals surface area (Å²) < 4.78 is 7.14. The zero-order valence-corrected chi connectivity index (χ0v) is 12.2. The SMILES string of the molecule is O=c1c(Br)c(NCCOCCO)cnn1CC1CC1. The monoisotopic (exact) mass is 331 g/mol. The summed E-state index contributed by atoms with van der Waals surface area (Å²) in [6.07, 6.45) is 4.03. The van der Waals surface area contributed by atoms with Crippen molar-refractivity contribution >= 4 is 21.6 Å². The summed E-state index contributed by atoms with van der Waals surface area (Å²) in [4.78, 5) is 12.0. The molecule has 0 unspecified atom stereocenters. The second-order valence-electron chi connectivity index (χ2n) is 4.57. The van der Waals surface area contributed by atoms with Crippen LogP contribution in [0.3, 0.4) is 0 Å². The Morgan fingerprint density at radius 3 is 3.00 bits per heavy atom. The summed E-state index contributed by atoms with van der Waals surface area (Å²) in [6, 6.07) is 0. The van der Waals surface area contributed by atoms with Gasteiger partial charge in [0.1, 0.15) is 4.47 Å². The number of aromatic nitrogens is 2. The molecule has 1 aliphatic rings. The molecule has 19 heavy (non-hydrogen) atoms. The fourth-order valence-corrected chi connectivity index (χ4v) is 2.14. The van der Waals surface area contributed by atoms with E-state index in [2.05, 4.69) is 26.3 Å². The normalized spacial score (nSPS) is 14.6. The maximum atomic E-state index is 12.0. The molecule has 0 saturated heterocycles. The van der Waals surface area contributed by atoms with Crippen LogP contribution in [0.4, 0.5) is 5.69 Å². The van der Waals surface area contributed by atoms with Gasteiger partial charge in [-0.05, 0) is 34.7 Å². The molecule has 1 saturated carbocycles. The van der Waals surface area contributed by atoms with Crippen molar-refractivity contribution in [2.24, 2.45) is 5.92 Å². The van der Waals surface area contributed by atoms with Crippen LogP contribution in [0.2, 0.25) is 0 Å². The van der Waals surface area contributed by atoms with Gasteiger partial charge in [-0.2, -0.15) is 5.10 Å². The Morgan fingerprint density at radius 1 is 1.53 bits per heavy atom. The van der Waals surface area contributed by atoms with Crippen LogP contribution in [-0.4, -0.2) is 41.3 Å². The van der Waals surface area contributed by atoms with Gasteiger partial charge in [-0.25, -0.2) is 4.68 Å². The van der Waals surface area contributed by atoms with Gasteiger partial charge in [-0.1, -0.05) is 0 Å². The summed E-state index contributed by atoms with van der Waals surface area (Å²) in [5.74, 6) is 0.614. The molecule has 2 rings (SSSR count). The molecule has 2 N–H and O–H groups in total. The minimum atomic E-state index is -0.104. The van der Waals surface area contributed by atoms with Gasteiger partial charge in [-0.15, -0.1) is 0 Å². The number of hydrogen-bond donors (Lipinski definition) is 2. The molecule has 7 heteroatoms. The van der Waals surface area contributed by atoms with Gasteiger partial charge in [0.15, 0.2) is 0 Å². The van der Waals surface area contributed by atoms with E-state index in [1.54, 1.807) is 6.20 Å². The van der Waals surface area contributed by atoms with E-state index in [-0.39, 0.29) is 12.2 Å². The highest BCUT2D eigenvalue weighted by molar-refractivity contribution is 9.10. The number of aliphatic hydroxyl groups is 1. The van der Waals surface area contributed by atoms with Crippen molar-refractivity contribution in [3.8, 4) is 0 Å². The number of hydrogen-bond acceptors (Lipinski definition) is 5. The first-order valence-corrected chi connectivity index (χ1v) is 7.19. The molecule has 106 valence electrons. The quantitative estimate of drug-likeness (QED) is 0.690. The summed E-state index contributed by atoms with van der Waals surface area (Å²) in [6.45, 7) is 2.08. The molecule has 0 atom stereocenters. The van der Waals surface area contributed by atoms with E-state index in [4.69, 9.17) is 9.84 Å². The first-order valence-electron chi connectivity index (χ1n) is 6.40. The Labute approximate surface area is 119 Å². The van der Waals surface area contributed by atoms with E-state index in [1.807, 2.05) is 0 Å². The van der Waals surface area contributed by atoms with Crippen molar-refractivity contribution in [2.75, 3.05) is 31.7 Å². The van der Waals surface area contributed by atoms with Gasteiger partial charge in [0, 0.05) is 13.1 Å². The van der Waals surface area contributed by atoms with Crippen molar-refractivity contribution in [2.45, 2.75) is 19.4 Å². The third-order valence-corrected chi connectivity index (χ3v) is 3.68. The third kappa shape index (κ3) is 4.29. The summed E-state index contributed by atoms with van der Waals surface area (Å²) >= 11 is 3.31. The average Bonchev–Trinajstić information content (AvgIpc) is 3.21. The fourth-order valence-electron chi connectivity index (χ4n) is 1.69. The van der Waals surface area contributed by atoms with Crippen molar-refractivity contribution in [3.05, 3.63) is 21.0 Å². The van der Waals surface area contributed by atoms with Crippen LogP contribution in [0.25, 0.3) is 0 Å². The van der Waals surface area contributed by atoms with Gasteiger partial charge in [-0.3, -0.25) is 4.79 Å². The highest BCUT2D eigenvalue weighted by Crippen LogP contribution is 2.30. The van der Waals surface area contributed by atoms with E-state index in [9.17, 15) is 4.79 Å². The maximum absolute atomic E-state index is 12.0. The number of halogens is 1. The van der Waals surface area contributed by atoms with Crippen LogP contribution in [0.15, 0.2) is 15.5 Å².